The van der Waals surface area contributed by atoms with Gasteiger partial charge in [0.25, 0.3) is 0 Å². The van der Waals surface area contributed by atoms with Crippen LogP contribution in [0.15, 0.2) is 40.9 Å². The van der Waals surface area contributed by atoms with Crippen molar-refractivity contribution in [3.63, 3.8) is 0 Å². The van der Waals surface area contributed by atoms with Gasteiger partial charge in [-0.15, -0.1) is 0 Å². The van der Waals surface area contributed by atoms with E-state index in [1.165, 1.54) is 5.56 Å². The standard InChI is InChI=1S/C17H18Br2O2/c1-11-8-17(21-3)13(10-14(11)18)15(19)9-12-6-4-5-7-16(12)20-2/h4-8,10,15H,9H2,1-3H3. The molecule has 0 saturated heterocycles. The summed E-state index contributed by atoms with van der Waals surface area (Å²) in [4.78, 5) is 0.153. The van der Waals surface area contributed by atoms with Crippen LogP contribution in [-0.4, -0.2) is 14.2 Å². The number of hydrogen-bond acceptors (Lipinski definition) is 2. The highest BCUT2D eigenvalue weighted by molar-refractivity contribution is 9.10. The van der Waals surface area contributed by atoms with Crippen LogP contribution in [0.2, 0.25) is 0 Å². The van der Waals surface area contributed by atoms with E-state index in [1.807, 2.05) is 18.2 Å². The lowest BCUT2D eigenvalue weighted by Crippen LogP contribution is -2.01. The molecule has 1 atom stereocenters. The molecular weight excluding hydrogens is 396 g/mol. The molecule has 0 aliphatic carbocycles. The Morgan fingerprint density at radius 1 is 1.05 bits per heavy atom. The zero-order valence-corrected chi connectivity index (χ0v) is 15.5. The van der Waals surface area contributed by atoms with Crippen molar-refractivity contribution in [1.29, 1.82) is 0 Å². The minimum Gasteiger partial charge on any atom is -0.496 e. The van der Waals surface area contributed by atoms with Crippen molar-refractivity contribution in [2.24, 2.45) is 0 Å². The summed E-state index contributed by atoms with van der Waals surface area (Å²) in [6.07, 6.45) is 0.829. The van der Waals surface area contributed by atoms with Gasteiger partial charge in [0.05, 0.1) is 14.2 Å². The van der Waals surface area contributed by atoms with Crippen molar-refractivity contribution in [2.45, 2.75) is 18.2 Å². The first-order chi connectivity index (χ1) is 10.1. The molecule has 2 nitrogen and oxygen atoms in total. The maximum absolute atomic E-state index is 5.51. The summed E-state index contributed by atoms with van der Waals surface area (Å²) in [6, 6.07) is 12.2. The topological polar surface area (TPSA) is 18.5 Å². The van der Waals surface area contributed by atoms with Gasteiger partial charge in [0.15, 0.2) is 0 Å². The third kappa shape index (κ3) is 3.80. The molecule has 0 bridgehead atoms. The molecule has 0 heterocycles. The van der Waals surface area contributed by atoms with Crippen LogP contribution < -0.4 is 9.47 Å². The molecule has 2 rings (SSSR count). The second kappa shape index (κ2) is 7.32. The zero-order chi connectivity index (χ0) is 15.4. The van der Waals surface area contributed by atoms with Crippen LogP contribution >= 0.6 is 31.9 Å². The van der Waals surface area contributed by atoms with Gasteiger partial charge in [-0.1, -0.05) is 50.1 Å². The monoisotopic (exact) mass is 412 g/mol. The average Bonchev–Trinajstić information content (AvgIpc) is 2.50. The number of halogens is 2. The molecule has 0 aromatic heterocycles. The Labute approximate surface area is 142 Å². The van der Waals surface area contributed by atoms with Crippen molar-refractivity contribution in [1.82, 2.24) is 0 Å². The number of alkyl halides is 1. The predicted molar refractivity (Wildman–Crippen MR) is 93.8 cm³/mol. The summed E-state index contributed by atoms with van der Waals surface area (Å²) < 4.78 is 12.0. The summed E-state index contributed by atoms with van der Waals surface area (Å²) in [5.74, 6) is 1.81. The second-order valence-electron chi connectivity index (χ2n) is 4.83. The number of ether oxygens (including phenoxy) is 2. The Morgan fingerprint density at radius 3 is 2.38 bits per heavy atom. The molecule has 0 spiro atoms. The van der Waals surface area contributed by atoms with Crippen molar-refractivity contribution in [3.8, 4) is 11.5 Å². The maximum Gasteiger partial charge on any atom is 0.123 e. The molecule has 0 saturated carbocycles. The van der Waals surface area contributed by atoms with Gasteiger partial charge in [-0.2, -0.15) is 0 Å². The minimum atomic E-state index is 0.153. The molecule has 4 heteroatoms. The van der Waals surface area contributed by atoms with Crippen molar-refractivity contribution >= 4 is 31.9 Å². The second-order valence-corrected chi connectivity index (χ2v) is 6.79. The number of para-hydroxylation sites is 1. The Balaban J connectivity index is 2.32. The lowest BCUT2D eigenvalue weighted by Gasteiger charge is -2.17. The average molecular weight is 414 g/mol. The van der Waals surface area contributed by atoms with Gasteiger partial charge in [-0.25, -0.2) is 0 Å². The summed E-state index contributed by atoms with van der Waals surface area (Å²) in [5.41, 5.74) is 3.45. The van der Waals surface area contributed by atoms with Gasteiger partial charge in [0.1, 0.15) is 11.5 Å². The molecule has 0 N–H and O–H groups in total. The fourth-order valence-corrected chi connectivity index (χ4v) is 3.33. The number of methoxy groups -OCH3 is 2. The normalized spacial score (nSPS) is 12.0. The first-order valence-electron chi connectivity index (χ1n) is 6.66. The van der Waals surface area contributed by atoms with E-state index in [-0.39, 0.29) is 4.83 Å². The van der Waals surface area contributed by atoms with E-state index < -0.39 is 0 Å². The maximum atomic E-state index is 5.51. The van der Waals surface area contributed by atoms with E-state index in [0.29, 0.717) is 0 Å². The summed E-state index contributed by atoms with van der Waals surface area (Å²) in [5, 5.41) is 0. The molecule has 2 aromatic rings. The third-order valence-electron chi connectivity index (χ3n) is 3.44. The van der Waals surface area contributed by atoms with Crippen LogP contribution in [0.4, 0.5) is 0 Å². The van der Waals surface area contributed by atoms with E-state index in [1.54, 1.807) is 14.2 Å². The first-order valence-corrected chi connectivity index (χ1v) is 8.37. The quantitative estimate of drug-likeness (QED) is 0.606. The van der Waals surface area contributed by atoms with E-state index in [0.717, 1.165) is 33.5 Å². The molecule has 112 valence electrons. The van der Waals surface area contributed by atoms with Crippen molar-refractivity contribution in [3.05, 3.63) is 57.6 Å². The molecule has 2 aromatic carbocycles. The van der Waals surface area contributed by atoms with Gasteiger partial charge < -0.3 is 9.47 Å². The number of hydrogen-bond donors (Lipinski definition) is 0. The van der Waals surface area contributed by atoms with Gasteiger partial charge in [-0.3, -0.25) is 0 Å². The number of aryl methyl sites for hydroxylation is 1. The summed E-state index contributed by atoms with van der Waals surface area (Å²) in [7, 11) is 3.40. The molecule has 0 aliphatic rings. The van der Waals surface area contributed by atoms with Crippen LogP contribution in [0.25, 0.3) is 0 Å². The number of rotatable bonds is 5. The van der Waals surface area contributed by atoms with Crippen molar-refractivity contribution < 1.29 is 9.47 Å². The van der Waals surface area contributed by atoms with Crippen LogP contribution in [0.1, 0.15) is 21.5 Å². The SMILES string of the molecule is COc1ccccc1CC(Br)c1cc(Br)c(C)cc1OC. The van der Waals surface area contributed by atoms with Crippen molar-refractivity contribution in [2.75, 3.05) is 14.2 Å². The van der Waals surface area contributed by atoms with Gasteiger partial charge in [0.2, 0.25) is 0 Å². The summed E-state index contributed by atoms with van der Waals surface area (Å²) >= 11 is 7.37. The van der Waals surface area contributed by atoms with E-state index in [9.17, 15) is 0 Å². The molecule has 0 aliphatic heterocycles. The third-order valence-corrected chi connectivity index (χ3v) is 5.11. The van der Waals surface area contributed by atoms with Crippen LogP contribution in [-0.2, 0) is 6.42 Å². The lowest BCUT2D eigenvalue weighted by molar-refractivity contribution is 0.405. The van der Waals surface area contributed by atoms with E-state index in [4.69, 9.17) is 9.47 Å². The largest absolute Gasteiger partial charge is 0.496 e. The zero-order valence-electron chi connectivity index (χ0n) is 12.3. The highest BCUT2D eigenvalue weighted by atomic mass is 79.9. The van der Waals surface area contributed by atoms with Crippen LogP contribution in [0.3, 0.4) is 0 Å². The molecule has 21 heavy (non-hydrogen) atoms. The van der Waals surface area contributed by atoms with Gasteiger partial charge >= 0.3 is 0 Å². The molecule has 0 fully saturated rings. The number of benzene rings is 2. The lowest BCUT2D eigenvalue weighted by atomic mass is 10.0. The van der Waals surface area contributed by atoms with Gasteiger partial charge in [0, 0.05) is 14.9 Å². The smallest absolute Gasteiger partial charge is 0.123 e. The Hall–Kier alpha value is -1.00. The minimum absolute atomic E-state index is 0.153. The predicted octanol–water partition coefficient (Wildman–Crippen LogP) is 5.45. The molecular formula is C17H18Br2O2. The Kier molecular flexibility index (Phi) is 5.71. The molecule has 1 unspecified atom stereocenters. The first kappa shape index (κ1) is 16.4. The fraction of sp³-hybridized carbons (Fsp3) is 0.294. The Bertz CT molecular complexity index is 626. The van der Waals surface area contributed by atoms with E-state index in [2.05, 4.69) is 57.0 Å². The highest BCUT2D eigenvalue weighted by Crippen LogP contribution is 2.38. The van der Waals surface area contributed by atoms with Gasteiger partial charge in [-0.05, 0) is 42.7 Å². The highest BCUT2D eigenvalue weighted by Gasteiger charge is 2.17. The summed E-state index contributed by atoms with van der Waals surface area (Å²) in [6.45, 7) is 2.06. The molecule has 0 radical (unpaired) electrons. The Morgan fingerprint density at radius 2 is 1.71 bits per heavy atom. The molecule has 0 amide bonds. The van der Waals surface area contributed by atoms with Crippen LogP contribution in [0, 0.1) is 6.92 Å². The fourth-order valence-electron chi connectivity index (χ4n) is 2.27. The van der Waals surface area contributed by atoms with Crippen LogP contribution in [0.5, 0.6) is 11.5 Å². The van der Waals surface area contributed by atoms with E-state index >= 15 is 0 Å².